The average Bonchev–Trinajstić information content (AvgIpc) is 2.71. The van der Waals surface area contributed by atoms with E-state index in [1.54, 1.807) is 7.11 Å². The molecule has 2 rings (SSSR count). The fourth-order valence-electron chi connectivity index (χ4n) is 1.84. The van der Waals surface area contributed by atoms with Gasteiger partial charge in [-0.15, -0.1) is 0 Å². The molecule has 0 aliphatic heterocycles. The summed E-state index contributed by atoms with van der Waals surface area (Å²) in [7, 11) is 1.67. The SMILES string of the molecule is CCNc1n[nH]c(C)c1-c1ccc(OC)cc1. The number of anilines is 1. The highest BCUT2D eigenvalue weighted by atomic mass is 16.5. The van der Waals surface area contributed by atoms with Gasteiger partial charge in [0, 0.05) is 17.8 Å². The summed E-state index contributed by atoms with van der Waals surface area (Å²) < 4.78 is 5.16. The van der Waals surface area contributed by atoms with Gasteiger partial charge in [-0.25, -0.2) is 0 Å². The Morgan fingerprint density at radius 1 is 1.29 bits per heavy atom. The second-order valence-electron chi connectivity index (χ2n) is 3.83. The van der Waals surface area contributed by atoms with Crippen LogP contribution < -0.4 is 10.1 Å². The minimum atomic E-state index is 0.855. The highest BCUT2D eigenvalue weighted by Gasteiger charge is 2.11. The van der Waals surface area contributed by atoms with Crippen molar-refractivity contribution in [2.75, 3.05) is 19.0 Å². The second kappa shape index (κ2) is 4.91. The Bertz CT molecular complexity index is 488. The Morgan fingerprint density at radius 3 is 2.59 bits per heavy atom. The molecule has 1 aromatic carbocycles. The molecule has 2 N–H and O–H groups in total. The number of nitrogens with one attached hydrogen (secondary N) is 2. The monoisotopic (exact) mass is 231 g/mol. The van der Waals surface area contributed by atoms with E-state index in [0.717, 1.165) is 34.9 Å². The second-order valence-corrected chi connectivity index (χ2v) is 3.83. The largest absolute Gasteiger partial charge is 0.497 e. The predicted octanol–water partition coefficient (Wildman–Crippen LogP) is 2.83. The van der Waals surface area contributed by atoms with Gasteiger partial charge in [-0.1, -0.05) is 12.1 Å². The molecule has 0 saturated carbocycles. The van der Waals surface area contributed by atoms with Crippen molar-refractivity contribution in [3.63, 3.8) is 0 Å². The maximum Gasteiger partial charge on any atom is 0.155 e. The first-order valence-electron chi connectivity index (χ1n) is 5.69. The summed E-state index contributed by atoms with van der Waals surface area (Å²) >= 11 is 0. The quantitative estimate of drug-likeness (QED) is 0.850. The van der Waals surface area contributed by atoms with Crippen molar-refractivity contribution >= 4 is 5.82 Å². The molecule has 0 fully saturated rings. The standard InChI is InChI=1S/C13H17N3O/c1-4-14-13-12(9(2)15-16-13)10-5-7-11(17-3)8-6-10/h5-8H,4H2,1-3H3,(H2,14,15,16). The molecule has 0 aliphatic carbocycles. The van der Waals surface area contributed by atoms with Gasteiger partial charge < -0.3 is 10.1 Å². The average molecular weight is 231 g/mol. The van der Waals surface area contributed by atoms with E-state index >= 15 is 0 Å². The van der Waals surface area contributed by atoms with Crippen LogP contribution in [0.25, 0.3) is 11.1 Å². The number of aryl methyl sites for hydroxylation is 1. The van der Waals surface area contributed by atoms with E-state index in [2.05, 4.69) is 22.4 Å². The van der Waals surface area contributed by atoms with Crippen molar-refractivity contribution in [2.24, 2.45) is 0 Å². The van der Waals surface area contributed by atoms with Gasteiger partial charge in [0.1, 0.15) is 5.75 Å². The Morgan fingerprint density at radius 2 is 2.00 bits per heavy atom. The van der Waals surface area contributed by atoms with E-state index in [-0.39, 0.29) is 0 Å². The van der Waals surface area contributed by atoms with Crippen LogP contribution in [0.1, 0.15) is 12.6 Å². The number of hydrogen-bond donors (Lipinski definition) is 2. The van der Waals surface area contributed by atoms with Crippen LogP contribution in [-0.2, 0) is 0 Å². The third kappa shape index (κ3) is 2.25. The van der Waals surface area contributed by atoms with Crippen LogP contribution in [0.15, 0.2) is 24.3 Å². The molecule has 2 aromatic rings. The molecule has 0 bridgehead atoms. The summed E-state index contributed by atoms with van der Waals surface area (Å²) in [5.74, 6) is 1.76. The highest BCUT2D eigenvalue weighted by Crippen LogP contribution is 2.30. The van der Waals surface area contributed by atoms with Crippen molar-refractivity contribution in [3.05, 3.63) is 30.0 Å². The maximum atomic E-state index is 5.16. The third-order valence-electron chi connectivity index (χ3n) is 2.67. The molecule has 0 unspecified atom stereocenters. The van der Waals surface area contributed by atoms with E-state index in [4.69, 9.17) is 4.74 Å². The van der Waals surface area contributed by atoms with Crippen molar-refractivity contribution in [3.8, 4) is 16.9 Å². The molecule has 0 atom stereocenters. The van der Waals surface area contributed by atoms with Gasteiger partial charge in [0.05, 0.1) is 7.11 Å². The molecule has 17 heavy (non-hydrogen) atoms. The van der Waals surface area contributed by atoms with Crippen LogP contribution in [0.5, 0.6) is 5.75 Å². The zero-order valence-corrected chi connectivity index (χ0v) is 10.4. The van der Waals surface area contributed by atoms with Crippen molar-refractivity contribution in [1.29, 1.82) is 0 Å². The summed E-state index contributed by atoms with van der Waals surface area (Å²) in [6.07, 6.45) is 0. The summed E-state index contributed by atoms with van der Waals surface area (Å²) in [5, 5.41) is 10.5. The number of aromatic nitrogens is 2. The lowest BCUT2D eigenvalue weighted by Crippen LogP contribution is -1.98. The molecule has 0 aliphatic rings. The number of methoxy groups -OCH3 is 1. The summed E-state index contributed by atoms with van der Waals surface area (Å²) in [4.78, 5) is 0. The van der Waals surface area contributed by atoms with Crippen LogP contribution in [0.3, 0.4) is 0 Å². The number of ether oxygens (including phenoxy) is 1. The molecule has 4 heteroatoms. The van der Waals surface area contributed by atoms with Crippen LogP contribution in [0.2, 0.25) is 0 Å². The Balaban J connectivity index is 2.40. The van der Waals surface area contributed by atoms with E-state index in [9.17, 15) is 0 Å². The topological polar surface area (TPSA) is 49.9 Å². The fraction of sp³-hybridized carbons (Fsp3) is 0.308. The molecular formula is C13H17N3O. The molecule has 1 heterocycles. The fourth-order valence-corrected chi connectivity index (χ4v) is 1.84. The van der Waals surface area contributed by atoms with Gasteiger partial charge >= 0.3 is 0 Å². The van der Waals surface area contributed by atoms with Crippen molar-refractivity contribution < 1.29 is 4.74 Å². The number of aromatic amines is 1. The van der Waals surface area contributed by atoms with Gasteiger partial charge in [-0.05, 0) is 31.5 Å². The zero-order valence-electron chi connectivity index (χ0n) is 10.4. The summed E-state index contributed by atoms with van der Waals surface area (Å²) in [6.45, 7) is 4.93. The summed E-state index contributed by atoms with van der Waals surface area (Å²) in [6, 6.07) is 7.99. The first kappa shape index (κ1) is 11.5. The Hall–Kier alpha value is -1.97. The Labute approximate surface area is 101 Å². The van der Waals surface area contributed by atoms with Gasteiger partial charge in [0.2, 0.25) is 0 Å². The van der Waals surface area contributed by atoms with E-state index in [1.807, 2.05) is 31.2 Å². The van der Waals surface area contributed by atoms with Crippen LogP contribution in [0, 0.1) is 6.92 Å². The zero-order chi connectivity index (χ0) is 12.3. The van der Waals surface area contributed by atoms with Crippen LogP contribution in [0.4, 0.5) is 5.82 Å². The van der Waals surface area contributed by atoms with Crippen LogP contribution >= 0.6 is 0 Å². The van der Waals surface area contributed by atoms with Crippen molar-refractivity contribution in [1.82, 2.24) is 10.2 Å². The lowest BCUT2D eigenvalue weighted by atomic mass is 10.1. The third-order valence-corrected chi connectivity index (χ3v) is 2.67. The number of benzene rings is 1. The van der Waals surface area contributed by atoms with E-state index in [0.29, 0.717) is 0 Å². The molecule has 90 valence electrons. The van der Waals surface area contributed by atoms with E-state index < -0.39 is 0 Å². The maximum absolute atomic E-state index is 5.16. The Kier molecular flexibility index (Phi) is 3.32. The number of rotatable bonds is 4. The predicted molar refractivity (Wildman–Crippen MR) is 69.5 cm³/mol. The molecular weight excluding hydrogens is 214 g/mol. The lowest BCUT2D eigenvalue weighted by Gasteiger charge is -2.06. The van der Waals surface area contributed by atoms with Gasteiger partial charge in [-0.3, -0.25) is 5.10 Å². The molecule has 0 saturated heterocycles. The van der Waals surface area contributed by atoms with Gasteiger partial charge in [0.15, 0.2) is 5.82 Å². The van der Waals surface area contributed by atoms with Crippen molar-refractivity contribution in [2.45, 2.75) is 13.8 Å². The molecule has 4 nitrogen and oxygen atoms in total. The smallest absolute Gasteiger partial charge is 0.155 e. The minimum absolute atomic E-state index is 0.855. The molecule has 0 radical (unpaired) electrons. The normalized spacial score (nSPS) is 10.3. The number of hydrogen-bond acceptors (Lipinski definition) is 3. The van der Waals surface area contributed by atoms with Gasteiger partial charge in [-0.2, -0.15) is 5.10 Å². The summed E-state index contributed by atoms with van der Waals surface area (Å²) in [5.41, 5.74) is 3.31. The molecule has 0 amide bonds. The lowest BCUT2D eigenvalue weighted by molar-refractivity contribution is 0.415. The first-order valence-corrected chi connectivity index (χ1v) is 5.69. The van der Waals surface area contributed by atoms with Gasteiger partial charge in [0.25, 0.3) is 0 Å². The molecule has 0 spiro atoms. The number of nitrogens with zero attached hydrogens (tertiary/aromatic N) is 1. The van der Waals surface area contributed by atoms with Crippen LogP contribution in [-0.4, -0.2) is 23.9 Å². The minimum Gasteiger partial charge on any atom is -0.497 e. The van der Waals surface area contributed by atoms with E-state index in [1.165, 1.54) is 0 Å². The molecule has 1 aromatic heterocycles. The highest BCUT2D eigenvalue weighted by molar-refractivity contribution is 5.77. The number of H-pyrrole nitrogens is 1. The first-order chi connectivity index (χ1) is 8.26.